The van der Waals surface area contributed by atoms with Crippen LogP contribution in [0.3, 0.4) is 0 Å². The third-order valence-electron chi connectivity index (χ3n) is 5.80. The lowest BCUT2D eigenvalue weighted by Crippen LogP contribution is -2.59. The molecule has 0 aromatic carbocycles. The van der Waals surface area contributed by atoms with Gasteiger partial charge < -0.3 is 23.9 Å². The van der Waals surface area contributed by atoms with Gasteiger partial charge in [0.05, 0.1) is 29.4 Å². The highest BCUT2D eigenvalue weighted by Gasteiger charge is 2.49. The first-order chi connectivity index (χ1) is 13.1. The summed E-state index contributed by atoms with van der Waals surface area (Å²) in [5.41, 5.74) is 2.14. The number of hydrogen-bond acceptors (Lipinski definition) is 5. The Morgan fingerprint density at radius 3 is 2.78 bits per heavy atom. The van der Waals surface area contributed by atoms with Crippen molar-refractivity contribution in [3.63, 3.8) is 0 Å². The maximum Gasteiger partial charge on any atom is 0.257 e. The zero-order chi connectivity index (χ0) is 19.0. The molecule has 1 saturated heterocycles. The first-order valence-electron chi connectivity index (χ1n) is 9.22. The molecule has 1 N–H and O–H groups in total. The van der Waals surface area contributed by atoms with E-state index < -0.39 is 5.54 Å². The van der Waals surface area contributed by atoms with Gasteiger partial charge in [0.2, 0.25) is 5.91 Å². The van der Waals surface area contributed by atoms with E-state index in [9.17, 15) is 9.59 Å². The monoisotopic (exact) mass is 372 g/mol. The van der Waals surface area contributed by atoms with Gasteiger partial charge in [-0.1, -0.05) is 0 Å². The SMILES string of the molecule is COCC(=O)N1CCc2[nH]cnc2C12CCN(C(=O)c1ccoc1C)CC2. The number of hydrogen-bond donors (Lipinski definition) is 1. The van der Waals surface area contributed by atoms with Gasteiger partial charge in [-0.3, -0.25) is 9.59 Å². The number of furan rings is 1. The molecule has 8 nitrogen and oxygen atoms in total. The number of aromatic nitrogens is 2. The van der Waals surface area contributed by atoms with E-state index in [4.69, 9.17) is 9.15 Å². The van der Waals surface area contributed by atoms with Crippen molar-refractivity contribution in [1.82, 2.24) is 19.8 Å². The lowest BCUT2D eigenvalue weighted by Gasteiger charge is -2.50. The molecule has 27 heavy (non-hydrogen) atoms. The number of nitrogens with one attached hydrogen (secondary N) is 1. The number of ether oxygens (including phenoxy) is 1. The number of nitrogens with zero attached hydrogens (tertiary/aromatic N) is 3. The molecule has 4 rings (SSSR count). The molecule has 0 unspecified atom stereocenters. The molecular formula is C19H24N4O4. The molecule has 1 fully saturated rings. The average Bonchev–Trinajstić information content (AvgIpc) is 3.31. The number of piperidine rings is 1. The van der Waals surface area contributed by atoms with Crippen molar-refractivity contribution in [3.05, 3.63) is 41.4 Å². The Balaban J connectivity index is 1.59. The molecule has 0 radical (unpaired) electrons. The summed E-state index contributed by atoms with van der Waals surface area (Å²) in [4.78, 5) is 37.0. The first-order valence-corrected chi connectivity index (χ1v) is 9.22. The van der Waals surface area contributed by atoms with E-state index in [1.807, 2.05) is 9.80 Å². The summed E-state index contributed by atoms with van der Waals surface area (Å²) in [5.74, 6) is 0.574. The standard InChI is InChI=1S/C19H24N4O4/c1-13-14(4-10-27-13)18(25)22-8-5-19(6-9-22)17-15(20-12-21-17)3-7-23(19)16(24)11-26-2/h4,10,12H,3,5-9,11H2,1-2H3,(H,20,21). The van der Waals surface area contributed by atoms with Gasteiger partial charge in [0, 0.05) is 38.9 Å². The number of methoxy groups -OCH3 is 1. The minimum Gasteiger partial charge on any atom is -0.469 e. The van der Waals surface area contributed by atoms with Crippen LogP contribution < -0.4 is 0 Å². The molecule has 8 heteroatoms. The first kappa shape index (κ1) is 17.8. The van der Waals surface area contributed by atoms with E-state index in [2.05, 4.69) is 9.97 Å². The molecule has 0 saturated carbocycles. The zero-order valence-electron chi connectivity index (χ0n) is 15.7. The minimum absolute atomic E-state index is 0.0241. The van der Waals surface area contributed by atoms with Crippen LogP contribution in [0.25, 0.3) is 0 Å². The van der Waals surface area contributed by atoms with Crippen LogP contribution in [0.2, 0.25) is 0 Å². The highest BCUT2D eigenvalue weighted by atomic mass is 16.5. The molecule has 2 amide bonds. The highest BCUT2D eigenvalue weighted by molar-refractivity contribution is 5.95. The van der Waals surface area contributed by atoms with Crippen molar-refractivity contribution in [2.75, 3.05) is 33.4 Å². The minimum atomic E-state index is -0.481. The quantitative estimate of drug-likeness (QED) is 0.881. The molecule has 0 atom stereocenters. The third-order valence-corrected chi connectivity index (χ3v) is 5.80. The highest BCUT2D eigenvalue weighted by Crippen LogP contribution is 2.42. The average molecular weight is 372 g/mol. The Kier molecular flexibility index (Phi) is 4.51. The van der Waals surface area contributed by atoms with E-state index in [0.29, 0.717) is 43.8 Å². The van der Waals surface area contributed by atoms with Gasteiger partial charge in [-0.15, -0.1) is 0 Å². The normalized spacial score (nSPS) is 18.6. The van der Waals surface area contributed by atoms with Crippen LogP contribution in [0, 0.1) is 6.92 Å². The lowest BCUT2D eigenvalue weighted by molar-refractivity contribution is -0.145. The Bertz CT molecular complexity index is 848. The second-order valence-electron chi connectivity index (χ2n) is 7.17. The second kappa shape index (κ2) is 6.84. The number of likely N-dealkylation sites (tertiary alicyclic amines) is 1. The molecule has 0 bridgehead atoms. The van der Waals surface area contributed by atoms with Crippen LogP contribution in [-0.4, -0.2) is 64.9 Å². The van der Waals surface area contributed by atoms with Crippen LogP contribution in [0.4, 0.5) is 0 Å². The summed E-state index contributed by atoms with van der Waals surface area (Å²) in [6.07, 6.45) is 5.30. The number of aryl methyl sites for hydroxylation is 1. The van der Waals surface area contributed by atoms with Crippen molar-refractivity contribution in [1.29, 1.82) is 0 Å². The van der Waals surface area contributed by atoms with Crippen molar-refractivity contribution < 1.29 is 18.7 Å². The van der Waals surface area contributed by atoms with Crippen molar-refractivity contribution in [3.8, 4) is 0 Å². The fraction of sp³-hybridized carbons (Fsp3) is 0.526. The molecule has 2 aliphatic heterocycles. The third kappa shape index (κ3) is 2.84. The van der Waals surface area contributed by atoms with Gasteiger partial charge in [0.1, 0.15) is 12.4 Å². The Morgan fingerprint density at radius 2 is 2.11 bits per heavy atom. The summed E-state index contributed by atoms with van der Waals surface area (Å²) < 4.78 is 10.4. The number of imidazole rings is 1. The van der Waals surface area contributed by atoms with Crippen molar-refractivity contribution >= 4 is 11.8 Å². The fourth-order valence-corrected chi connectivity index (χ4v) is 4.41. The van der Waals surface area contributed by atoms with Crippen LogP contribution in [0.5, 0.6) is 0 Å². The number of carbonyl (C=O) groups is 2. The Labute approximate surface area is 157 Å². The second-order valence-corrected chi connectivity index (χ2v) is 7.17. The smallest absolute Gasteiger partial charge is 0.257 e. The van der Waals surface area contributed by atoms with Crippen molar-refractivity contribution in [2.24, 2.45) is 0 Å². The number of aromatic amines is 1. The Hall–Kier alpha value is -2.61. The summed E-state index contributed by atoms with van der Waals surface area (Å²) in [6, 6.07) is 1.71. The van der Waals surface area contributed by atoms with Gasteiger partial charge >= 0.3 is 0 Å². The number of rotatable bonds is 3. The van der Waals surface area contributed by atoms with Crippen LogP contribution in [0.1, 0.15) is 40.3 Å². The predicted octanol–water partition coefficient (Wildman–Crippen LogP) is 1.47. The maximum atomic E-state index is 12.8. The van der Waals surface area contributed by atoms with E-state index >= 15 is 0 Å². The van der Waals surface area contributed by atoms with E-state index in [-0.39, 0.29) is 18.4 Å². The zero-order valence-corrected chi connectivity index (χ0v) is 15.7. The number of fused-ring (bicyclic) bond motifs is 2. The van der Waals surface area contributed by atoms with Crippen LogP contribution >= 0.6 is 0 Å². The summed E-state index contributed by atoms with van der Waals surface area (Å²) >= 11 is 0. The van der Waals surface area contributed by atoms with Gasteiger partial charge in [0.15, 0.2) is 0 Å². The number of H-pyrrole nitrogens is 1. The molecular weight excluding hydrogens is 348 g/mol. The van der Waals surface area contributed by atoms with Crippen molar-refractivity contribution in [2.45, 2.75) is 31.7 Å². The van der Waals surface area contributed by atoms with E-state index in [0.717, 1.165) is 17.8 Å². The van der Waals surface area contributed by atoms with Crippen LogP contribution in [0.15, 0.2) is 23.1 Å². The Morgan fingerprint density at radius 1 is 1.33 bits per heavy atom. The maximum absolute atomic E-state index is 12.8. The molecule has 0 aliphatic carbocycles. The molecule has 2 aliphatic rings. The van der Waals surface area contributed by atoms with Gasteiger partial charge in [-0.25, -0.2) is 4.98 Å². The summed E-state index contributed by atoms with van der Waals surface area (Å²) in [6.45, 7) is 3.60. The largest absolute Gasteiger partial charge is 0.469 e. The fourth-order valence-electron chi connectivity index (χ4n) is 4.41. The molecule has 1 spiro atoms. The summed E-state index contributed by atoms with van der Waals surface area (Å²) in [7, 11) is 1.53. The van der Waals surface area contributed by atoms with E-state index in [1.54, 1.807) is 19.3 Å². The molecule has 2 aromatic heterocycles. The van der Waals surface area contributed by atoms with Gasteiger partial charge in [-0.2, -0.15) is 0 Å². The number of amides is 2. The topological polar surface area (TPSA) is 91.7 Å². The summed E-state index contributed by atoms with van der Waals surface area (Å²) in [5, 5.41) is 0. The number of carbonyl (C=O) groups excluding carboxylic acids is 2. The molecule has 4 heterocycles. The predicted molar refractivity (Wildman–Crippen MR) is 96.1 cm³/mol. The van der Waals surface area contributed by atoms with Crippen LogP contribution in [-0.2, 0) is 21.5 Å². The lowest BCUT2D eigenvalue weighted by atomic mass is 9.78. The van der Waals surface area contributed by atoms with Gasteiger partial charge in [-0.05, 0) is 25.8 Å². The molecule has 2 aromatic rings. The van der Waals surface area contributed by atoms with Gasteiger partial charge in [0.25, 0.3) is 5.91 Å². The molecule has 144 valence electrons. The van der Waals surface area contributed by atoms with E-state index in [1.165, 1.54) is 13.4 Å².